The highest BCUT2D eigenvalue weighted by atomic mass is 16.6. The highest BCUT2D eigenvalue weighted by molar-refractivity contribution is 5.92. The summed E-state index contributed by atoms with van der Waals surface area (Å²) in [6.45, 7) is 0.407. The highest BCUT2D eigenvalue weighted by Gasteiger charge is 2.17. The molecule has 2 heterocycles. The predicted octanol–water partition coefficient (Wildman–Crippen LogP) is 0.946. The Morgan fingerprint density at radius 3 is 3.10 bits per heavy atom. The fraction of sp³-hybridized carbons (Fsp3) is 0.167. The molecule has 0 saturated carbocycles. The fourth-order valence-corrected chi connectivity index (χ4v) is 1.64. The van der Waals surface area contributed by atoms with Crippen molar-refractivity contribution in [2.24, 2.45) is 0 Å². The van der Waals surface area contributed by atoms with Crippen LogP contribution in [-0.2, 0) is 9.53 Å². The molecule has 0 atom stereocenters. The average Bonchev–Trinajstić information content (AvgIpc) is 2.47. The van der Waals surface area contributed by atoms with Crippen molar-refractivity contribution in [2.75, 3.05) is 19.0 Å². The monoisotopic (exact) mass is 276 g/mol. The summed E-state index contributed by atoms with van der Waals surface area (Å²) < 4.78 is 4.62. The van der Waals surface area contributed by atoms with E-state index in [0.29, 0.717) is 17.9 Å². The number of aromatic nitrogens is 1. The maximum atomic E-state index is 11.4. The molecule has 0 saturated heterocycles. The van der Waals surface area contributed by atoms with Gasteiger partial charge in [0.1, 0.15) is 5.82 Å². The van der Waals surface area contributed by atoms with Crippen LogP contribution in [0.2, 0.25) is 0 Å². The number of dihydropyridines is 1. The summed E-state index contributed by atoms with van der Waals surface area (Å²) >= 11 is 0. The minimum Gasteiger partial charge on any atom is -0.465 e. The van der Waals surface area contributed by atoms with Gasteiger partial charge in [-0.05, 0) is 12.1 Å². The Morgan fingerprint density at radius 1 is 1.60 bits per heavy atom. The third-order valence-corrected chi connectivity index (χ3v) is 2.57. The SMILES string of the molecule is COC(=O)C1=CCNC(Nc2ncccc2[N+](=O)[O-])=C1. The van der Waals surface area contributed by atoms with Crippen molar-refractivity contribution in [1.29, 1.82) is 0 Å². The van der Waals surface area contributed by atoms with Crippen LogP contribution in [0.3, 0.4) is 0 Å². The summed E-state index contributed by atoms with van der Waals surface area (Å²) in [5.74, 6) is 0.0680. The standard InChI is InChI=1S/C12H12N4O4/c1-20-12(17)8-4-6-13-10(7-8)15-11-9(16(18)19)3-2-5-14-11/h2-5,7,13H,6H2,1H3,(H,14,15). The average molecular weight is 276 g/mol. The molecule has 1 aliphatic heterocycles. The number of nitrogens with one attached hydrogen (secondary N) is 2. The Bertz CT molecular complexity index is 609. The Hall–Kier alpha value is -2.90. The van der Waals surface area contributed by atoms with E-state index in [1.807, 2.05) is 0 Å². The lowest BCUT2D eigenvalue weighted by atomic mass is 10.2. The van der Waals surface area contributed by atoms with Crippen molar-refractivity contribution in [1.82, 2.24) is 10.3 Å². The molecule has 2 rings (SSSR count). The lowest BCUT2D eigenvalue weighted by Crippen LogP contribution is -2.25. The van der Waals surface area contributed by atoms with E-state index in [4.69, 9.17) is 0 Å². The molecule has 8 nitrogen and oxygen atoms in total. The predicted molar refractivity (Wildman–Crippen MR) is 70.7 cm³/mol. The topological polar surface area (TPSA) is 106 Å². The minimum absolute atomic E-state index is 0.0994. The molecule has 0 bridgehead atoms. The summed E-state index contributed by atoms with van der Waals surface area (Å²) in [4.78, 5) is 25.7. The second kappa shape index (κ2) is 5.83. The van der Waals surface area contributed by atoms with Crippen molar-refractivity contribution >= 4 is 17.5 Å². The first-order valence-electron chi connectivity index (χ1n) is 5.72. The molecule has 1 aromatic heterocycles. The van der Waals surface area contributed by atoms with Gasteiger partial charge in [0, 0.05) is 18.8 Å². The molecule has 1 aromatic rings. The van der Waals surface area contributed by atoms with Crippen LogP contribution < -0.4 is 10.6 Å². The molecule has 0 aromatic carbocycles. The molecule has 20 heavy (non-hydrogen) atoms. The van der Waals surface area contributed by atoms with Crippen LogP contribution in [0.1, 0.15) is 0 Å². The smallest absolute Gasteiger partial charge is 0.337 e. The van der Waals surface area contributed by atoms with Gasteiger partial charge in [0.2, 0.25) is 5.82 Å². The molecule has 2 N–H and O–H groups in total. The quantitative estimate of drug-likeness (QED) is 0.479. The number of esters is 1. The number of carbonyl (C=O) groups excluding carboxylic acids is 1. The van der Waals surface area contributed by atoms with Crippen LogP contribution >= 0.6 is 0 Å². The number of hydrogen-bond acceptors (Lipinski definition) is 7. The Labute approximate surface area is 114 Å². The molecule has 104 valence electrons. The summed E-state index contributed by atoms with van der Waals surface area (Å²) in [7, 11) is 1.29. The number of rotatable bonds is 4. The molecule has 0 radical (unpaired) electrons. The van der Waals surface area contributed by atoms with Crippen molar-refractivity contribution in [3.8, 4) is 0 Å². The van der Waals surface area contributed by atoms with Gasteiger partial charge in [0.05, 0.1) is 17.6 Å². The van der Waals surface area contributed by atoms with Gasteiger partial charge in [-0.15, -0.1) is 0 Å². The van der Waals surface area contributed by atoms with Crippen molar-refractivity contribution in [2.45, 2.75) is 0 Å². The number of nitro groups is 1. The number of hydrogen-bond donors (Lipinski definition) is 2. The van der Waals surface area contributed by atoms with E-state index >= 15 is 0 Å². The van der Waals surface area contributed by atoms with E-state index in [0.717, 1.165) is 0 Å². The zero-order valence-electron chi connectivity index (χ0n) is 10.6. The largest absolute Gasteiger partial charge is 0.465 e. The van der Waals surface area contributed by atoms with Gasteiger partial charge in [0.25, 0.3) is 0 Å². The number of anilines is 1. The van der Waals surface area contributed by atoms with Crippen LogP contribution in [-0.4, -0.2) is 29.5 Å². The number of methoxy groups -OCH3 is 1. The van der Waals surface area contributed by atoms with Crippen molar-refractivity contribution < 1.29 is 14.5 Å². The van der Waals surface area contributed by atoms with E-state index in [1.54, 1.807) is 6.08 Å². The van der Waals surface area contributed by atoms with Gasteiger partial charge in [-0.2, -0.15) is 0 Å². The maximum Gasteiger partial charge on any atom is 0.337 e. The highest BCUT2D eigenvalue weighted by Crippen LogP contribution is 2.22. The van der Waals surface area contributed by atoms with Crippen LogP contribution in [0.5, 0.6) is 0 Å². The van der Waals surface area contributed by atoms with E-state index in [2.05, 4.69) is 20.4 Å². The van der Waals surface area contributed by atoms with Crippen LogP contribution in [0.25, 0.3) is 0 Å². The molecule has 0 amide bonds. The molecule has 1 aliphatic rings. The van der Waals surface area contributed by atoms with E-state index in [9.17, 15) is 14.9 Å². The Balaban J connectivity index is 2.23. The fourth-order valence-electron chi connectivity index (χ4n) is 1.64. The molecule has 0 unspecified atom stereocenters. The molecule has 0 fully saturated rings. The molecule has 8 heteroatoms. The number of ether oxygens (including phenoxy) is 1. The first kappa shape index (κ1) is 13.5. The van der Waals surface area contributed by atoms with Crippen molar-refractivity contribution in [3.05, 3.63) is 52.0 Å². The summed E-state index contributed by atoms with van der Waals surface area (Å²) in [5, 5.41) is 16.6. The number of pyridine rings is 1. The first-order chi connectivity index (χ1) is 9.61. The Morgan fingerprint density at radius 2 is 2.40 bits per heavy atom. The zero-order valence-corrected chi connectivity index (χ0v) is 10.6. The summed E-state index contributed by atoms with van der Waals surface area (Å²) in [6, 6.07) is 2.82. The van der Waals surface area contributed by atoms with Gasteiger partial charge in [0.15, 0.2) is 0 Å². The van der Waals surface area contributed by atoms with Crippen LogP contribution in [0, 0.1) is 10.1 Å². The zero-order chi connectivity index (χ0) is 14.5. The van der Waals surface area contributed by atoms with Gasteiger partial charge < -0.3 is 15.4 Å². The molecule has 0 aliphatic carbocycles. The van der Waals surface area contributed by atoms with E-state index < -0.39 is 10.9 Å². The second-order valence-electron chi connectivity index (χ2n) is 3.84. The van der Waals surface area contributed by atoms with Crippen molar-refractivity contribution in [3.63, 3.8) is 0 Å². The van der Waals surface area contributed by atoms with Gasteiger partial charge in [-0.25, -0.2) is 9.78 Å². The first-order valence-corrected chi connectivity index (χ1v) is 5.72. The molecular weight excluding hydrogens is 264 g/mol. The van der Waals surface area contributed by atoms with Gasteiger partial charge in [-0.3, -0.25) is 10.1 Å². The summed E-state index contributed by atoms with van der Waals surface area (Å²) in [5.41, 5.74) is 0.219. The van der Waals surface area contributed by atoms with Gasteiger partial charge >= 0.3 is 11.7 Å². The third-order valence-electron chi connectivity index (χ3n) is 2.57. The number of nitrogens with zero attached hydrogens (tertiary/aromatic N) is 2. The third kappa shape index (κ3) is 2.91. The van der Waals surface area contributed by atoms with E-state index in [1.165, 1.54) is 31.5 Å². The van der Waals surface area contributed by atoms with Crippen LogP contribution in [0.15, 0.2) is 41.9 Å². The van der Waals surface area contributed by atoms with E-state index in [-0.39, 0.29) is 11.5 Å². The molecular formula is C12H12N4O4. The van der Waals surface area contributed by atoms with Crippen LogP contribution in [0.4, 0.5) is 11.5 Å². The Kier molecular flexibility index (Phi) is 3.94. The normalized spacial score (nSPS) is 13.7. The minimum atomic E-state index is -0.532. The molecule has 0 spiro atoms. The summed E-state index contributed by atoms with van der Waals surface area (Å²) in [6.07, 6.45) is 4.60. The lowest BCUT2D eigenvalue weighted by Gasteiger charge is -2.16. The number of carbonyl (C=O) groups is 1. The second-order valence-corrected chi connectivity index (χ2v) is 3.84. The lowest BCUT2D eigenvalue weighted by molar-refractivity contribution is -0.384. The van der Waals surface area contributed by atoms with Gasteiger partial charge in [-0.1, -0.05) is 6.08 Å². The maximum absolute atomic E-state index is 11.4.